The van der Waals surface area contributed by atoms with Gasteiger partial charge < -0.3 is 63.6 Å². The first-order valence-electron chi connectivity index (χ1n) is 34.1. The maximum absolute atomic E-state index is 12.4. The Morgan fingerprint density at radius 3 is 2.22 bits per heavy atom. The lowest BCUT2D eigenvalue weighted by Crippen LogP contribution is -2.50. The summed E-state index contributed by atoms with van der Waals surface area (Å²) < 4.78 is 30.5. The number of ether oxygens (including phenoxy) is 4. The predicted octanol–water partition coefficient (Wildman–Crippen LogP) is 15.8. The Bertz CT molecular complexity index is 4020. The quantitative estimate of drug-likeness (QED) is 0.0557. The number of nitrogens with zero attached hydrogens (tertiary/aromatic N) is 2. The Balaban J connectivity index is 0.000000148. The molecule has 0 radical (unpaired) electrons. The van der Waals surface area contributed by atoms with Crippen LogP contribution in [0.2, 0.25) is 0 Å². The highest BCUT2D eigenvalue weighted by Crippen LogP contribution is 2.67. The van der Waals surface area contributed by atoms with Crippen molar-refractivity contribution in [1.29, 1.82) is 0 Å². The van der Waals surface area contributed by atoms with E-state index in [-0.39, 0.29) is 63.5 Å². The van der Waals surface area contributed by atoms with Crippen molar-refractivity contribution < 1.29 is 63.6 Å². The van der Waals surface area contributed by atoms with E-state index in [0.29, 0.717) is 61.8 Å². The summed E-state index contributed by atoms with van der Waals surface area (Å²) in [6.45, 7) is 13.4. The first-order valence-corrected chi connectivity index (χ1v) is 34.1. The van der Waals surface area contributed by atoms with Crippen LogP contribution < -0.4 is 24.4 Å². The van der Waals surface area contributed by atoms with Crippen molar-refractivity contribution in [2.45, 2.75) is 155 Å². The molecule has 5 heterocycles. The molecule has 7 N–H and O–H groups in total. The van der Waals surface area contributed by atoms with Gasteiger partial charge in [0.05, 0.1) is 57.7 Å². The van der Waals surface area contributed by atoms with Crippen LogP contribution in [0.25, 0.3) is 22.1 Å². The molecular weight excluding hydrogens is 1180 g/mol. The number of hydrogen-bond donors (Lipinski definition) is 7. The minimum Gasteiger partial charge on any atom is -0.508 e. The van der Waals surface area contributed by atoms with Gasteiger partial charge in [-0.1, -0.05) is 75.6 Å². The molecule has 8 aliphatic rings. The molecule has 15 nitrogen and oxygen atoms in total. The molecule has 15 rings (SSSR count). The Hall–Kier alpha value is -7.69. The molecule has 15 heteroatoms. The zero-order valence-corrected chi connectivity index (χ0v) is 56.5. The van der Waals surface area contributed by atoms with Crippen LogP contribution in [0.4, 0.5) is 0 Å². The number of phenolic OH excluding ortho intramolecular Hbond substituents is 5. The summed E-state index contributed by atoms with van der Waals surface area (Å²) in [4.78, 5) is 14.8. The van der Waals surface area contributed by atoms with Gasteiger partial charge in [0.2, 0.25) is 11.2 Å². The maximum atomic E-state index is 12.4. The normalized spacial score (nSPS) is 26.1. The zero-order chi connectivity index (χ0) is 66.8. The van der Waals surface area contributed by atoms with Crippen molar-refractivity contribution in [3.8, 4) is 74.4 Å². The minimum absolute atomic E-state index is 0.00157. The molecule has 6 aromatic carbocycles. The van der Waals surface area contributed by atoms with Crippen LogP contribution in [0.15, 0.2) is 124 Å². The SMILES string of the molecule is COc1cc2c3cc1Oc1cc(ccc1O)C[C@@H]1c4c(cc(OC)c(O)c4Oc4ccc(cc4)C[C@@H]3N(C)CC2)CC[N+]1(C)C.C[C@H](CCCC(C)(C)O)[C@H]1CC[C@H]2[C@@H]3CC=C4C[C@@H](O)CC[C@]4(C)[C@H]3CC[C@]12C.O=c1c(-c2ccc(O)cc2)coc2cc(O)cc(O)c12. The third kappa shape index (κ3) is 13.0. The highest BCUT2D eigenvalue weighted by molar-refractivity contribution is 5.88. The second kappa shape index (κ2) is 26.1. The van der Waals surface area contributed by atoms with Crippen LogP contribution in [0.1, 0.15) is 151 Å². The van der Waals surface area contributed by atoms with Crippen LogP contribution in [-0.4, -0.2) is 105 Å². The van der Waals surface area contributed by atoms with Crippen molar-refractivity contribution in [2.24, 2.45) is 40.4 Å². The molecule has 94 heavy (non-hydrogen) atoms. The number of aliphatic hydroxyl groups is 2. The van der Waals surface area contributed by atoms with Gasteiger partial charge in [-0.2, -0.15) is 0 Å². The summed E-state index contributed by atoms with van der Waals surface area (Å²) in [6.07, 6.45) is 20.3. The van der Waals surface area contributed by atoms with Crippen LogP contribution >= 0.6 is 0 Å². The van der Waals surface area contributed by atoms with E-state index in [1.807, 2.05) is 44.2 Å². The van der Waals surface area contributed by atoms with Crippen LogP contribution in [-0.2, 0) is 25.7 Å². The van der Waals surface area contributed by atoms with E-state index in [1.54, 1.807) is 38.0 Å². The number of aromatic hydroxyl groups is 5. The molecular formula is C79H97N2O13+. The van der Waals surface area contributed by atoms with E-state index in [4.69, 9.17) is 23.4 Å². The van der Waals surface area contributed by atoms with Gasteiger partial charge in [-0.05, 0) is 220 Å². The van der Waals surface area contributed by atoms with Crippen molar-refractivity contribution in [1.82, 2.24) is 4.90 Å². The molecule has 0 unspecified atom stereocenters. The maximum Gasteiger partial charge on any atom is 0.204 e. The van der Waals surface area contributed by atoms with Crippen LogP contribution in [0, 0.1) is 40.4 Å². The molecule has 0 spiro atoms. The number of allylic oxidation sites excluding steroid dienone is 1. The fourth-order valence-electron chi connectivity index (χ4n) is 18.0. The van der Waals surface area contributed by atoms with Gasteiger partial charge in [-0.15, -0.1) is 0 Å². The standard InChI is InChI=1S/C37H40N2O6.C27H46O2.C15H10O5/c1-38-14-12-24-19-32(42-4)33-21-27(24)28(38)16-22-6-9-26(10-7-22)44-37-35-25(20-34(43-5)36(37)41)13-15-39(2,3)29(35)17-23-8-11-30(40)31(18-23)45-33;1-18(7-6-14-25(2,3)29)22-10-11-23-21-9-8-19-17-20(28)12-15-26(19,4)24(21)13-16-27(22,23)5;16-9-3-1-8(2-4-9)11-7-20-13-6-10(17)5-12(18)14(13)15(11)19/h6-11,18-21,28-29H,12-17H2,1-5H3,(H-,40,41);8,18,20-24,28-29H,6-7,9-17H2,1-5H3;1-7,16-18H/p+1/t28-,29+;18-,20+,21+,22-,23+,24+,26+,27-;/m01./s1. The molecule has 7 aromatic rings. The van der Waals surface area contributed by atoms with Gasteiger partial charge in [0.1, 0.15) is 46.3 Å². The molecule has 3 saturated carbocycles. The molecule has 500 valence electrons. The van der Waals surface area contributed by atoms with Gasteiger partial charge in [0.25, 0.3) is 0 Å². The lowest BCUT2D eigenvalue weighted by atomic mass is 9.47. The fourth-order valence-corrected chi connectivity index (χ4v) is 18.0. The smallest absolute Gasteiger partial charge is 0.204 e. The molecule has 6 bridgehead atoms. The Kier molecular flexibility index (Phi) is 18.4. The number of quaternary nitrogens is 1. The number of aliphatic hydroxyl groups excluding tert-OH is 1. The van der Waals surface area contributed by atoms with Gasteiger partial charge in [-0.3, -0.25) is 9.69 Å². The topological polar surface area (TPSA) is 212 Å². The number of hydrogen-bond acceptors (Lipinski definition) is 14. The number of methoxy groups -OCH3 is 2. The number of benzene rings is 6. The number of phenols is 5. The third-order valence-electron chi connectivity index (χ3n) is 23.3. The second-order valence-electron chi connectivity index (χ2n) is 30.0. The van der Waals surface area contributed by atoms with Crippen molar-refractivity contribution >= 4 is 11.0 Å². The number of rotatable bonds is 8. The summed E-state index contributed by atoms with van der Waals surface area (Å²) in [5.74, 6) is 6.95. The minimum atomic E-state index is -0.519. The van der Waals surface area contributed by atoms with Gasteiger partial charge in [-0.25, -0.2) is 0 Å². The fraction of sp³-hybridized carbons (Fsp3) is 0.481. The first-order chi connectivity index (χ1) is 44.7. The Labute approximate surface area is 553 Å². The summed E-state index contributed by atoms with van der Waals surface area (Å²) in [7, 11) is 9.80. The number of fused-ring (bicyclic) bond motifs is 8. The molecule has 0 saturated heterocycles. The van der Waals surface area contributed by atoms with Crippen molar-refractivity contribution in [3.63, 3.8) is 0 Å². The van der Waals surface area contributed by atoms with Crippen LogP contribution in [0.5, 0.6) is 63.2 Å². The summed E-state index contributed by atoms with van der Waals surface area (Å²) >= 11 is 0. The largest absolute Gasteiger partial charge is 0.508 e. The van der Waals surface area contributed by atoms with Gasteiger partial charge in [0.15, 0.2) is 34.5 Å². The third-order valence-corrected chi connectivity index (χ3v) is 23.3. The van der Waals surface area contributed by atoms with E-state index in [2.05, 4.69) is 77.2 Å². The highest BCUT2D eigenvalue weighted by Gasteiger charge is 2.59. The monoisotopic (exact) mass is 1280 g/mol. The first kappa shape index (κ1) is 66.3. The lowest BCUT2D eigenvalue weighted by molar-refractivity contribution is -0.923. The molecule has 3 fully saturated rings. The average Bonchev–Trinajstić information content (AvgIpc) is 1.36. The zero-order valence-electron chi connectivity index (χ0n) is 56.5. The van der Waals surface area contributed by atoms with E-state index in [9.17, 15) is 40.5 Å². The molecule has 0 amide bonds. The molecule has 1 aromatic heterocycles. The highest BCUT2D eigenvalue weighted by atomic mass is 16.5. The van der Waals surface area contributed by atoms with Gasteiger partial charge >= 0.3 is 0 Å². The lowest BCUT2D eigenvalue weighted by Gasteiger charge is -2.58. The molecule has 4 aliphatic heterocycles. The van der Waals surface area contributed by atoms with E-state index >= 15 is 0 Å². The summed E-state index contributed by atoms with van der Waals surface area (Å²) in [5.41, 5.74) is 9.14. The number of likely N-dealkylation sites (N-methyl/N-ethyl adjacent to an activating group) is 2. The summed E-state index contributed by atoms with van der Waals surface area (Å²) in [6, 6.07) is 28.3. The average molecular weight is 1280 g/mol. The van der Waals surface area contributed by atoms with E-state index in [0.717, 1.165) is 110 Å². The molecule has 4 aliphatic carbocycles. The van der Waals surface area contributed by atoms with Crippen LogP contribution in [0.3, 0.4) is 0 Å². The van der Waals surface area contributed by atoms with E-state index in [1.165, 1.54) is 86.1 Å². The van der Waals surface area contributed by atoms with Crippen molar-refractivity contribution in [3.05, 3.63) is 159 Å². The second-order valence-corrected chi connectivity index (χ2v) is 30.0. The Morgan fingerprint density at radius 2 is 1.49 bits per heavy atom. The van der Waals surface area contributed by atoms with Crippen molar-refractivity contribution in [2.75, 3.05) is 48.5 Å². The van der Waals surface area contributed by atoms with E-state index < -0.39 is 11.0 Å². The predicted molar refractivity (Wildman–Crippen MR) is 366 cm³/mol. The Morgan fingerprint density at radius 1 is 0.755 bits per heavy atom. The molecule has 10 atom stereocenters. The summed E-state index contributed by atoms with van der Waals surface area (Å²) in [5, 5.41) is 71.1. The van der Waals surface area contributed by atoms with Gasteiger partial charge in [0, 0.05) is 37.6 Å².